The van der Waals surface area contributed by atoms with Gasteiger partial charge < -0.3 is 15.9 Å². The highest BCUT2D eigenvalue weighted by molar-refractivity contribution is 7.21. The van der Waals surface area contributed by atoms with Gasteiger partial charge in [-0.25, -0.2) is 4.79 Å². The zero-order chi connectivity index (χ0) is 10.3. The Bertz CT molecular complexity index is 518. The fraction of sp³-hybridized carbons (Fsp3) is 0. The minimum atomic E-state index is -1.04. The first kappa shape index (κ1) is 8.83. The van der Waals surface area contributed by atoms with Crippen molar-refractivity contribution in [3.8, 4) is 5.75 Å². The molecule has 1 aromatic carbocycles. The number of nitrogen functional groups attached to an aromatic ring is 1. The molecule has 0 fully saturated rings. The number of phenolic OH excluding ortho intramolecular Hbond substituents is 1. The molecule has 2 aromatic rings. The minimum absolute atomic E-state index is 0.107. The average Bonchev–Trinajstić information content (AvgIpc) is 2.43. The highest BCUT2D eigenvalue weighted by atomic mass is 32.1. The molecule has 0 aliphatic rings. The van der Waals surface area contributed by atoms with Crippen molar-refractivity contribution in [2.45, 2.75) is 0 Å². The highest BCUT2D eigenvalue weighted by Gasteiger charge is 2.14. The normalized spacial score (nSPS) is 10.6. The molecule has 0 bridgehead atoms. The summed E-state index contributed by atoms with van der Waals surface area (Å²) >= 11 is 1.06. The quantitative estimate of drug-likeness (QED) is 0.669. The Morgan fingerprint density at radius 2 is 2.14 bits per heavy atom. The number of thiophene rings is 1. The molecular formula is C9H7NO3S. The van der Waals surface area contributed by atoms with Crippen molar-refractivity contribution in [2.24, 2.45) is 0 Å². The first-order valence-corrected chi connectivity index (χ1v) is 4.65. The number of aromatic carboxylic acids is 1. The van der Waals surface area contributed by atoms with Gasteiger partial charge in [0.25, 0.3) is 0 Å². The van der Waals surface area contributed by atoms with E-state index in [0.29, 0.717) is 10.1 Å². The lowest BCUT2D eigenvalue weighted by Crippen LogP contribution is -1.96. The summed E-state index contributed by atoms with van der Waals surface area (Å²) in [4.78, 5) is 10.9. The first-order chi connectivity index (χ1) is 6.59. The number of carbonyl (C=O) groups is 1. The predicted octanol–water partition coefficient (Wildman–Crippen LogP) is 1.89. The SMILES string of the molecule is Nc1c(C(=O)O)sc2cc(O)ccc12. The number of hydrogen-bond acceptors (Lipinski definition) is 4. The van der Waals surface area contributed by atoms with Gasteiger partial charge >= 0.3 is 5.97 Å². The summed E-state index contributed by atoms with van der Waals surface area (Å²) in [5.41, 5.74) is 5.90. The fourth-order valence-corrected chi connectivity index (χ4v) is 2.26. The van der Waals surface area contributed by atoms with E-state index in [1.807, 2.05) is 0 Å². The molecule has 0 aliphatic heterocycles. The second kappa shape index (κ2) is 2.88. The Labute approximate surface area is 83.2 Å². The molecule has 0 radical (unpaired) electrons. The second-order valence-corrected chi connectivity index (χ2v) is 3.88. The van der Waals surface area contributed by atoms with E-state index in [4.69, 9.17) is 10.8 Å². The Balaban J connectivity index is 2.79. The van der Waals surface area contributed by atoms with Gasteiger partial charge in [-0.05, 0) is 18.2 Å². The van der Waals surface area contributed by atoms with E-state index >= 15 is 0 Å². The van der Waals surface area contributed by atoms with Crippen LogP contribution in [0.15, 0.2) is 18.2 Å². The number of hydrogen-bond donors (Lipinski definition) is 3. The van der Waals surface area contributed by atoms with E-state index in [1.54, 1.807) is 6.07 Å². The van der Waals surface area contributed by atoms with Gasteiger partial charge in [0.15, 0.2) is 0 Å². The van der Waals surface area contributed by atoms with Gasteiger partial charge in [-0.2, -0.15) is 0 Å². The van der Waals surface area contributed by atoms with Crippen molar-refractivity contribution in [1.82, 2.24) is 0 Å². The molecule has 0 saturated heterocycles. The van der Waals surface area contributed by atoms with Crippen molar-refractivity contribution in [1.29, 1.82) is 0 Å². The van der Waals surface area contributed by atoms with Crippen molar-refractivity contribution < 1.29 is 15.0 Å². The van der Waals surface area contributed by atoms with Crippen LogP contribution in [-0.4, -0.2) is 16.2 Å². The Morgan fingerprint density at radius 1 is 1.43 bits per heavy atom. The third-order valence-electron chi connectivity index (χ3n) is 1.91. The average molecular weight is 209 g/mol. The molecule has 72 valence electrons. The Hall–Kier alpha value is -1.75. The number of benzene rings is 1. The molecule has 0 saturated carbocycles. The third-order valence-corrected chi connectivity index (χ3v) is 3.06. The van der Waals surface area contributed by atoms with Crippen LogP contribution >= 0.6 is 11.3 Å². The lowest BCUT2D eigenvalue weighted by Gasteiger charge is -1.92. The van der Waals surface area contributed by atoms with E-state index in [9.17, 15) is 9.90 Å². The highest BCUT2D eigenvalue weighted by Crippen LogP contribution is 2.35. The summed E-state index contributed by atoms with van der Waals surface area (Å²) in [6.07, 6.45) is 0. The van der Waals surface area contributed by atoms with Crippen molar-refractivity contribution in [3.05, 3.63) is 23.1 Å². The van der Waals surface area contributed by atoms with Gasteiger partial charge in [0.05, 0.1) is 5.69 Å². The number of nitrogens with two attached hydrogens (primary N) is 1. The van der Waals surface area contributed by atoms with E-state index in [1.165, 1.54) is 12.1 Å². The van der Waals surface area contributed by atoms with Crippen LogP contribution in [0.4, 0.5) is 5.69 Å². The van der Waals surface area contributed by atoms with Gasteiger partial charge in [-0.3, -0.25) is 0 Å². The number of rotatable bonds is 1. The van der Waals surface area contributed by atoms with E-state index in [0.717, 1.165) is 11.3 Å². The molecule has 1 heterocycles. The third kappa shape index (κ3) is 1.18. The fourth-order valence-electron chi connectivity index (χ4n) is 1.26. The summed E-state index contributed by atoms with van der Waals surface area (Å²) in [7, 11) is 0. The Kier molecular flexibility index (Phi) is 1.82. The monoisotopic (exact) mass is 209 g/mol. The molecule has 1 aromatic heterocycles. The molecular weight excluding hydrogens is 202 g/mol. The van der Waals surface area contributed by atoms with Crippen LogP contribution in [0, 0.1) is 0 Å². The van der Waals surface area contributed by atoms with Crippen molar-refractivity contribution >= 4 is 33.1 Å². The number of carboxylic acids is 1. The summed E-state index contributed by atoms with van der Waals surface area (Å²) in [5, 5.41) is 18.7. The number of aromatic hydroxyl groups is 1. The van der Waals surface area contributed by atoms with E-state index in [-0.39, 0.29) is 16.3 Å². The zero-order valence-corrected chi connectivity index (χ0v) is 7.84. The van der Waals surface area contributed by atoms with Crippen LogP contribution < -0.4 is 5.73 Å². The van der Waals surface area contributed by atoms with Crippen molar-refractivity contribution in [3.63, 3.8) is 0 Å². The largest absolute Gasteiger partial charge is 0.508 e. The number of carboxylic acid groups (broad SMARTS) is 1. The molecule has 0 amide bonds. The topological polar surface area (TPSA) is 83.6 Å². The van der Waals surface area contributed by atoms with Crippen LogP contribution in [0.25, 0.3) is 10.1 Å². The molecule has 0 unspecified atom stereocenters. The smallest absolute Gasteiger partial charge is 0.348 e. The molecule has 0 atom stereocenters. The van der Waals surface area contributed by atoms with Crippen molar-refractivity contribution in [2.75, 3.05) is 5.73 Å². The summed E-state index contributed by atoms with van der Waals surface area (Å²) in [6.45, 7) is 0. The number of fused-ring (bicyclic) bond motifs is 1. The van der Waals surface area contributed by atoms with Gasteiger partial charge in [-0.15, -0.1) is 11.3 Å². The molecule has 2 rings (SSSR count). The lowest BCUT2D eigenvalue weighted by molar-refractivity contribution is 0.0703. The van der Waals surface area contributed by atoms with Gasteiger partial charge in [0, 0.05) is 10.1 Å². The van der Waals surface area contributed by atoms with Crippen LogP contribution in [0.2, 0.25) is 0 Å². The maximum Gasteiger partial charge on any atom is 0.348 e. The van der Waals surface area contributed by atoms with E-state index in [2.05, 4.69) is 0 Å². The van der Waals surface area contributed by atoms with E-state index < -0.39 is 5.97 Å². The molecule has 0 aliphatic carbocycles. The molecule has 5 heteroatoms. The van der Waals surface area contributed by atoms with Crippen LogP contribution in [0.5, 0.6) is 5.75 Å². The maximum atomic E-state index is 10.7. The number of phenols is 1. The van der Waals surface area contributed by atoms with Gasteiger partial charge in [0.2, 0.25) is 0 Å². The van der Waals surface area contributed by atoms with Crippen LogP contribution in [0.3, 0.4) is 0 Å². The molecule has 4 N–H and O–H groups in total. The van der Waals surface area contributed by atoms with Crippen LogP contribution in [-0.2, 0) is 0 Å². The number of anilines is 1. The second-order valence-electron chi connectivity index (χ2n) is 2.83. The zero-order valence-electron chi connectivity index (χ0n) is 7.02. The molecule has 4 nitrogen and oxygen atoms in total. The predicted molar refractivity (Wildman–Crippen MR) is 54.9 cm³/mol. The summed E-state index contributed by atoms with van der Waals surface area (Å²) in [5.74, 6) is -0.932. The first-order valence-electron chi connectivity index (χ1n) is 3.84. The Morgan fingerprint density at radius 3 is 2.79 bits per heavy atom. The summed E-state index contributed by atoms with van der Waals surface area (Å²) < 4.78 is 0.680. The van der Waals surface area contributed by atoms with Crippen LogP contribution in [0.1, 0.15) is 9.67 Å². The molecule has 0 spiro atoms. The minimum Gasteiger partial charge on any atom is -0.508 e. The maximum absolute atomic E-state index is 10.7. The summed E-state index contributed by atoms with van der Waals surface area (Å²) in [6, 6.07) is 4.60. The lowest BCUT2D eigenvalue weighted by atomic mass is 10.2. The molecule has 14 heavy (non-hydrogen) atoms. The standard InChI is InChI=1S/C9H7NO3S/c10-7-5-2-1-4(11)3-6(5)14-8(7)9(12)13/h1-3,11H,10H2,(H,12,13). The van der Waals surface area contributed by atoms with Gasteiger partial charge in [-0.1, -0.05) is 0 Å². The van der Waals surface area contributed by atoms with Gasteiger partial charge in [0.1, 0.15) is 10.6 Å².